The van der Waals surface area contributed by atoms with Crippen LogP contribution in [0.25, 0.3) is 5.69 Å². The Morgan fingerprint density at radius 2 is 1.93 bits per heavy atom. The molecule has 6 heteroatoms. The summed E-state index contributed by atoms with van der Waals surface area (Å²) < 4.78 is 7.15. The third kappa shape index (κ3) is 4.71. The van der Waals surface area contributed by atoms with Gasteiger partial charge in [0.2, 0.25) is 5.91 Å². The summed E-state index contributed by atoms with van der Waals surface area (Å²) in [4.78, 5) is 16.8. The molecule has 0 saturated carbocycles. The molecular formula is C21H23N3O2S. The largest absolute Gasteiger partial charge is 0.497 e. The first-order chi connectivity index (χ1) is 13.1. The molecule has 0 bridgehead atoms. The second-order valence-electron chi connectivity index (χ2n) is 6.36. The van der Waals surface area contributed by atoms with Gasteiger partial charge in [-0.1, -0.05) is 43.8 Å². The van der Waals surface area contributed by atoms with Gasteiger partial charge < -0.3 is 10.1 Å². The zero-order valence-corrected chi connectivity index (χ0v) is 16.5. The highest BCUT2D eigenvalue weighted by Gasteiger charge is 2.12. The number of amides is 1. The first-order valence-electron chi connectivity index (χ1n) is 8.78. The maximum atomic E-state index is 12.4. The molecule has 140 valence electrons. The molecule has 1 N–H and O–H groups in total. The normalized spacial score (nSPS) is 10.8. The monoisotopic (exact) mass is 381 g/mol. The zero-order valence-electron chi connectivity index (χ0n) is 15.7. The van der Waals surface area contributed by atoms with E-state index in [-0.39, 0.29) is 5.91 Å². The number of benzene rings is 2. The van der Waals surface area contributed by atoms with Crippen molar-refractivity contribution in [1.82, 2.24) is 9.55 Å². The van der Waals surface area contributed by atoms with E-state index in [2.05, 4.69) is 24.1 Å². The molecule has 5 nitrogen and oxygen atoms in total. The number of hydrogen-bond acceptors (Lipinski definition) is 4. The van der Waals surface area contributed by atoms with Gasteiger partial charge in [0.05, 0.1) is 12.9 Å². The maximum Gasteiger partial charge on any atom is 0.234 e. The predicted octanol–water partition coefficient (Wildman–Crippen LogP) is 4.74. The van der Waals surface area contributed by atoms with Crippen molar-refractivity contribution in [3.63, 3.8) is 0 Å². The van der Waals surface area contributed by atoms with Gasteiger partial charge in [-0.3, -0.25) is 9.36 Å². The van der Waals surface area contributed by atoms with Gasteiger partial charge in [0.1, 0.15) is 5.75 Å². The Labute approximate surface area is 163 Å². The van der Waals surface area contributed by atoms with Crippen LogP contribution in [0.2, 0.25) is 0 Å². The molecule has 0 fully saturated rings. The second kappa shape index (κ2) is 8.77. The van der Waals surface area contributed by atoms with Crippen LogP contribution < -0.4 is 10.1 Å². The van der Waals surface area contributed by atoms with Crippen molar-refractivity contribution in [3.05, 3.63) is 66.5 Å². The summed E-state index contributed by atoms with van der Waals surface area (Å²) in [5.41, 5.74) is 2.98. The van der Waals surface area contributed by atoms with Gasteiger partial charge in [-0.25, -0.2) is 4.98 Å². The summed E-state index contributed by atoms with van der Waals surface area (Å²) in [6, 6.07) is 15.6. The van der Waals surface area contributed by atoms with Gasteiger partial charge in [-0.05, 0) is 41.8 Å². The summed E-state index contributed by atoms with van der Waals surface area (Å²) in [6.07, 6.45) is 3.62. The van der Waals surface area contributed by atoms with E-state index in [9.17, 15) is 4.79 Å². The first kappa shape index (κ1) is 19.0. The summed E-state index contributed by atoms with van der Waals surface area (Å²) in [6.45, 7) is 4.23. The molecule has 3 aromatic rings. The molecule has 0 aliphatic heterocycles. The van der Waals surface area contributed by atoms with E-state index in [1.165, 1.54) is 11.8 Å². The van der Waals surface area contributed by atoms with E-state index in [0.717, 1.165) is 27.8 Å². The fourth-order valence-electron chi connectivity index (χ4n) is 2.77. The molecule has 3 rings (SSSR count). The fourth-order valence-corrected chi connectivity index (χ4v) is 3.54. The van der Waals surface area contributed by atoms with Gasteiger partial charge in [-0.15, -0.1) is 0 Å². The minimum absolute atomic E-state index is 0.0441. The predicted molar refractivity (Wildman–Crippen MR) is 110 cm³/mol. The molecule has 0 saturated heterocycles. The van der Waals surface area contributed by atoms with Crippen LogP contribution in [0, 0.1) is 0 Å². The van der Waals surface area contributed by atoms with Crippen molar-refractivity contribution >= 4 is 23.4 Å². The number of ether oxygens (including phenoxy) is 1. The molecule has 0 atom stereocenters. The van der Waals surface area contributed by atoms with Crippen LogP contribution in [-0.2, 0) is 4.79 Å². The van der Waals surface area contributed by atoms with E-state index < -0.39 is 0 Å². The lowest BCUT2D eigenvalue weighted by Gasteiger charge is -2.13. The number of rotatable bonds is 7. The maximum absolute atomic E-state index is 12.4. The Morgan fingerprint density at radius 3 is 2.63 bits per heavy atom. The second-order valence-corrected chi connectivity index (χ2v) is 7.30. The number of nitrogens with one attached hydrogen (secondary N) is 1. The average molecular weight is 382 g/mol. The van der Waals surface area contributed by atoms with E-state index in [0.29, 0.717) is 11.7 Å². The van der Waals surface area contributed by atoms with E-state index in [1.807, 2.05) is 59.3 Å². The number of methoxy groups -OCH3 is 1. The van der Waals surface area contributed by atoms with Crippen molar-refractivity contribution in [2.24, 2.45) is 0 Å². The van der Waals surface area contributed by atoms with Crippen LogP contribution >= 0.6 is 11.8 Å². The average Bonchev–Trinajstić information content (AvgIpc) is 3.15. The molecule has 1 heterocycles. The standard InChI is InChI=1S/C21H23N3O2S/c1-15(2)18-6-4-5-7-19(18)23-20(25)14-27-21-22-12-13-24(21)16-8-10-17(26-3)11-9-16/h4-13,15H,14H2,1-3H3,(H,23,25). The molecule has 0 unspecified atom stereocenters. The van der Waals surface area contributed by atoms with Gasteiger partial charge in [0, 0.05) is 23.8 Å². The number of nitrogens with zero attached hydrogens (tertiary/aromatic N) is 2. The fraction of sp³-hybridized carbons (Fsp3) is 0.238. The Balaban J connectivity index is 1.66. The minimum atomic E-state index is -0.0441. The first-order valence-corrected chi connectivity index (χ1v) is 9.76. The van der Waals surface area contributed by atoms with Gasteiger partial charge in [0.15, 0.2) is 5.16 Å². The molecule has 0 aliphatic rings. The van der Waals surface area contributed by atoms with E-state index in [1.54, 1.807) is 13.3 Å². The number of imidazole rings is 1. The summed E-state index contributed by atoms with van der Waals surface area (Å²) >= 11 is 1.41. The van der Waals surface area contributed by atoms with Gasteiger partial charge in [0.25, 0.3) is 0 Å². The Bertz CT molecular complexity index is 904. The summed E-state index contributed by atoms with van der Waals surface area (Å²) in [5.74, 6) is 1.40. The number of thioether (sulfide) groups is 1. The summed E-state index contributed by atoms with van der Waals surface area (Å²) in [5, 5.41) is 3.79. The molecule has 0 spiro atoms. The number of anilines is 1. The van der Waals surface area contributed by atoms with Crippen LogP contribution in [0.4, 0.5) is 5.69 Å². The molecule has 27 heavy (non-hydrogen) atoms. The van der Waals surface area contributed by atoms with Crippen molar-refractivity contribution in [2.45, 2.75) is 24.9 Å². The molecule has 0 aliphatic carbocycles. The van der Waals surface area contributed by atoms with Crippen LogP contribution in [0.1, 0.15) is 25.3 Å². The van der Waals surface area contributed by atoms with Crippen LogP contribution in [0.15, 0.2) is 66.1 Å². The Hall–Kier alpha value is -2.73. The SMILES string of the molecule is COc1ccc(-n2ccnc2SCC(=O)Nc2ccccc2C(C)C)cc1. The number of para-hydroxylation sites is 1. The van der Waals surface area contributed by atoms with Crippen LogP contribution in [0.5, 0.6) is 5.75 Å². The van der Waals surface area contributed by atoms with Crippen molar-refractivity contribution in [2.75, 3.05) is 18.2 Å². The topological polar surface area (TPSA) is 56.2 Å². The zero-order chi connectivity index (χ0) is 19.2. The highest BCUT2D eigenvalue weighted by molar-refractivity contribution is 7.99. The van der Waals surface area contributed by atoms with Gasteiger partial charge in [-0.2, -0.15) is 0 Å². The quantitative estimate of drug-likeness (QED) is 0.601. The molecular weight excluding hydrogens is 358 g/mol. The van der Waals surface area contributed by atoms with Crippen molar-refractivity contribution < 1.29 is 9.53 Å². The lowest BCUT2D eigenvalue weighted by molar-refractivity contribution is -0.113. The third-order valence-electron chi connectivity index (χ3n) is 4.15. The Morgan fingerprint density at radius 1 is 1.19 bits per heavy atom. The smallest absolute Gasteiger partial charge is 0.234 e. The lowest BCUT2D eigenvalue weighted by atomic mass is 10.0. The number of hydrogen-bond donors (Lipinski definition) is 1. The number of carbonyl (C=O) groups excluding carboxylic acids is 1. The summed E-state index contributed by atoms with van der Waals surface area (Å²) in [7, 11) is 1.64. The van der Waals surface area contributed by atoms with Crippen molar-refractivity contribution in [1.29, 1.82) is 0 Å². The van der Waals surface area contributed by atoms with E-state index in [4.69, 9.17) is 4.74 Å². The van der Waals surface area contributed by atoms with Gasteiger partial charge >= 0.3 is 0 Å². The number of aromatic nitrogens is 2. The lowest BCUT2D eigenvalue weighted by Crippen LogP contribution is -2.16. The van der Waals surface area contributed by atoms with Crippen LogP contribution in [-0.4, -0.2) is 28.3 Å². The molecule has 2 aromatic carbocycles. The van der Waals surface area contributed by atoms with Crippen LogP contribution in [0.3, 0.4) is 0 Å². The molecule has 0 radical (unpaired) electrons. The Kier molecular flexibility index (Phi) is 6.19. The third-order valence-corrected chi connectivity index (χ3v) is 5.11. The highest BCUT2D eigenvalue weighted by Crippen LogP contribution is 2.25. The molecule has 1 aromatic heterocycles. The number of carbonyl (C=O) groups is 1. The van der Waals surface area contributed by atoms with Crippen molar-refractivity contribution in [3.8, 4) is 11.4 Å². The molecule has 1 amide bonds. The highest BCUT2D eigenvalue weighted by atomic mass is 32.2. The minimum Gasteiger partial charge on any atom is -0.497 e. The van der Waals surface area contributed by atoms with E-state index >= 15 is 0 Å².